The van der Waals surface area contributed by atoms with Crippen molar-refractivity contribution < 1.29 is 13.9 Å². The Bertz CT molecular complexity index is 499. The summed E-state index contributed by atoms with van der Waals surface area (Å²) in [5, 5.41) is 11.4. The van der Waals surface area contributed by atoms with Crippen LogP contribution in [0.1, 0.15) is 83.4 Å². The number of unbranched alkanes of at least 4 members (excludes halogenated alkanes) is 3. The van der Waals surface area contributed by atoms with Crippen LogP contribution in [0.5, 0.6) is 0 Å². The van der Waals surface area contributed by atoms with Crippen LogP contribution in [0, 0.1) is 0 Å². The molecule has 1 aromatic rings. The molecule has 1 N–H and O–H groups in total. The van der Waals surface area contributed by atoms with E-state index >= 15 is 0 Å². The molecule has 130 valence electrons. The lowest BCUT2D eigenvalue weighted by molar-refractivity contribution is -0.151. The van der Waals surface area contributed by atoms with Crippen molar-refractivity contribution in [2.24, 2.45) is 0 Å². The Kier molecular flexibility index (Phi) is 6.57. The largest absolute Gasteiger partial charge is 0.465 e. The van der Waals surface area contributed by atoms with Gasteiger partial charge < -0.3 is 9.15 Å². The highest BCUT2D eigenvalue weighted by molar-refractivity contribution is 5.80. The van der Waals surface area contributed by atoms with Gasteiger partial charge in [-0.1, -0.05) is 32.6 Å². The van der Waals surface area contributed by atoms with Gasteiger partial charge in [0.15, 0.2) is 0 Å². The molecule has 6 heteroatoms. The van der Waals surface area contributed by atoms with Gasteiger partial charge in [-0.2, -0.15) is 0 Å². The van der Waals surface area contributed by atoms with Gasteiger partial charge in [0, 0.05) is 5.92 Å². The summed E-state index contributed by atoms with van der Waals surface area (Å²) in [6.45, 7) is 6.68. The molecule has 1 aliphatic carbocycles. The lowest BCUT2D eigenvalue weighted by Crippen LogP contribution is -2.50. The van der Waals surface area contributed by atoms with Gasteiger partial charge in [-0.3, -0.25) is 10.1 Å². The molecule has 1 fully saturated rings. The van der Waals surface area contributed by atoms with E-state index in [0.717, 1.165) is 38.0 Å². The van der Waals surface area contributed by atoms with Gasteiger partial charge in [0.05, 0.1) is 13.2 Å². The van der Waals surface area contributed by atoms with Crippen LogP contribution in [0.3, 0.4) is 0 Å². The molecule has 23 heavy (non-hydrogen) atoms. The second-order valence-electron chi connectivity index (χ2n) is 6.53. The van der Waals surface area contributed by atoms with Crippen LogP contribution in [0.15, 0.2) is 4.42 Å². The third-order valence-electron chi connectivity index (χ3n) is 4.30. The molecule has 1 atom stereocenters. The summed E-state index contributed by atoms with van der Waals surface area (Å²) in [5.41, 5.74) is -0.710. The fourth-order valence-corrected chi connectivity index (χ4v) is 2.56. The molecule has 0 aliphatic heterocycles. The number of nitrogens with zero attached hydrogens (tertiary/aromatic N) is 2. The fraction of sp³-hybridized carbons (Fsp3) is 0.824. The number of aromatic nitrogens is 2. The molecular weight excluding hydrogens is 294 g/mol. The molecule has 6 nitrogen and oxygen atoms in total. The predicted octanol–water partition coefficient (Wildman–Crippen LogP) is 3.33. The minimum Gasteiger partial charge on any atom is -0.465 e. The number of carbonyl (C=O) groups excluding carboxylic acids is 1. The fourth-order valence-electron chi connectivity index (χ4n) is 2.56. The topological polar surface area (TPSA) is 77.3 Å². The van der Waals surface area contributed by atoms with Crippen LogP contribution in [0.4, 0.5) is 0 Å². The molecule has 0 bridgehead atoms. The average molecular weight is 323 g/mol. The molecular formula is C17H29N3O3. The van der Waals surface area contributed by atoms with E-state index in [-0.39, 0.29) is 5.97 Å². The lowest BCUT2D eigenvalue weighted by atomic mass is 9.94. The summed E-state index contributed by atoms with van der Waals surface area (Å²) >= 11 is 0. The van der Waals surface area contributed by atoms with Crippen molar-refractivity contribution in [2.75, 3.05) is 6.61 Å². The van der Waals surface area contributed by atoms with Gasteiger partial charge in [0.2, 0.25) is 11.8 Å². The van der Waals surface area contributed by atoms with Gasteiger partial charge in [0.1, 0.15) is 5.54 Å². The molecule has 0 unspecified atom stereocenters. The molecule has 1 heterocycles. The molecule has 1 aliphatic rings. The lowest BCUT2D eigenvalue weighted by Gasteiger charge is -2.28. The predicted molar refractivity (Wildman–Crippen MR) is 86.9 cm³/mol. The van der Waals surface area contributed by atoms with Crippen molar-refractivity contribution in [1.29, 1.82) is 0 Å². The summed E-state index contributed by atoms with van der Waals surface area (Å²) in [7, 11) is 0. The van der Waals surface area contributed by atoms with Gasteiger partial charge in [-0.25, -0.2) is 0 Å². The zero-order chi connectivity index (χ0) is 16.7. The molecule has 0 saturated heterocycles. The third-order valence-corrected chi connectivity index (χ3v) is 4.30. The highest BCUT2D eigenvalue weighted by atomic mass is 16.5. The normalized spacial score (nSPS) is 17.0. The van der Waals surface area contributed by atoms with E-state index in [1.807, 2.05) is 13.8 Å². The first-order chi connectivity index (χ1) is 11.1. The number of hydrogen-bond acceptors (Lipinski definition) is 6. The summed E-state index contributed by atoms with van der Waals surface area (Å²) in [5.74, 6) is 1.50. The number of rotatable bonds is 11. The Hall–Kier alpha value is -1.43. The van der Waals surface area contributed by atoms with Crippen LogP contribution in [-0.4, -0.2) is 28.3 Å². The van der Waals surface area contributed by atoms with Gasteiger partial charge in [-0.05, 0) is 33.1 Å². The third kappa shape index (κ3) is 5.30. The number of esters is 1. The molecule has 0 aromatic carbocycles. The summed E-state index contributed by atoms with van der Waals surface area (Å²) in [4.78, 5) is 12.3. The zero-order valence-electron chi connectivity index (χ0n) is 14.6. The van der Waals surface area contributed by atoms with E-state index in [1.165, 1.54) is 12.8 Å². The van der Waals surface area contributed by atoms with Crippen LogP contribution < -0.4 is 5.32 Å². The average Bonchev–Trinajstić information content (AvgIpc) is 3.28. The van der Waals surface area contributed by atoms with Crippen LogP contribution in [0.25, 0.3) is 0 Å². The molecule has 1 saturated carbocycles. The molecule has 0 spiro atoms. The van der Waals surface area contributed by atoms with E-state index in [1.54, 1.807) is 0 Å². The van der Waals surface area contributed by atoms with Crippen LogP contribution >= 0.6 is 0 Å². The molecule has 1 aromatic heterocycles. The van der Waals surface area contributed by atoms with E-state index in [4.69, 9.17) is 9.15 Å². The Morgan fingerprint density at radius 1 is 1.30 bits per heavy atom. The van der Waals surface area contributed by atoms with Crippen molar-refractivity contribution in [1.82, 2.24) is 15.5 Å². The first-order valence-corrected chi connectivity index (χ1v) is 8.83. The first-order valence-electron chi connectivity index (χ1n) is 8.83. The van der Waals surface area contributed by atoms with E-state index in [2.05, 4.69) is 22.4 Å². The molecule has 0 amide bonds. The number of ether oxygens (including phenoxy) is 1. The Morgan fingerprint density at radius 3 is 2.74 bits per heavy atom. The monoisotopic (exact) mass is 323 g/mol. The second kappa shape index (κ2) is 8.43. The summed E-state index contributed by atoms with van der Waals surface area (Å²) in [6, 6.07) is 0. The van der Waals surface area contributed by atoms with Crippen molar-refractivity contribution in [3.8, 4) is 0 Å². The minimum atomic E-state index is -0.710. The van der Waals surface area contributed by atoms with Crippen LogP contribution in [0.2, 0.25) is 0 Å². The maximum Gasteiger partial charge on any atom is 0.326 e. The summed E-state index contributed by atoms with van der Waals surface area (Å²) < 4.78 is 10.9. The molecule has 2 rings (SSSR count). The second-order valence-corrected chi connectivity index (χ2v) is 6.53. The van der Waals surface area contributed by atoms with Crippen molar-refractivity contribution >= 4 is 5.97 Å². The van der Waals surface area contributed by atoms with Crippen LogP contribution in [-0.2, 0) is 16.1 Å². The Morgan fingerprint density at radius 2 is 2.09 bits per heavy atom. The maximum atomic E-state index is 12.3. The highest BCUT2D eigenvalue weighted by Crippen LogP contribution is 2.39. The highest BCUT2D eigenvalue weighted by Gasteiger charge is 2.34. The molecule has 0 radical (unpaired) electrons. The quantitative estimate of drug-likeness (QED) is 0.497. The Labute approximate surface area is 138 Å². The standard InChI is InChI=1S/C17H29N3O3/c1-4-6-7-8-11-17(3,16(21)22-5-2)18-12-14-19-20-15(23-14)13-9-10-13/h13,18H,4-12H2,1-3H3/t17-/m0/s1. The zero-order valence-corrected chi connectivity index (χ0v) is 14.6. The first kappa shape index (κ1) is 17.9. The van der Waals surface area contributed by atoms with E-state index in [9.17, 15) is 4.79 Å². The number of carbonyl (C=O) groups is 1. The van der Waals surface area contributed by atoms with Gasteiger partial charge in [-0.15, -0.1) is 10.2 Å². The SMILES string of the molecule is CCCCCC[C@](C)(NCc1nnc(C2CC2)o1)C(=O)OCC. The van der Waals surface area contributed by atoms with Crippen molar-refractivity contribution in [2.45, 2.75) is 83.7 Å². The Balaban J connectivity index is 1.90. The van der Waals surface area contributed by atoms with Gasteiger partial charge >= 0.3 is 5.97 Å². The van der Waals surface area contributed by atoms with E-state index < -0.39 is 5.54 Å². The van der Waals surface area contributed by atoms with E-state index in [0.29, 0.717) is 25.0 Å². The summed E-state index contributed by atoms with van der Waals surface area (Å²) in [6.07, 6.45) is 7.49. The minimum absolute atomic E-state index is 0.210. The van der Waals surface area contributed by atoms with Gasteiger partial charge in [0.25, 0.3) is 0 Å². The number of nitrogens with one attached hydrogen (secondary N) is 1. The maximum absolute atomic E-state index is 12.3. The smallest absolute Gasteiger partial charge is 0.326 e. The van der Waals surface area contributed by atoms with Crippen molar-refractivity contribution in [3.63, 3.8) is 0 Å². The number of hydrogen-bond donors (Lipinski definition) is 1. The van der Waals surface area contributed by atoms with Crippen molar-refractivity contribution in [3.05, 3.63) is 11.8 Å².